The molecule has 0 fully saturated rings. The Morgan fingerprint density at radius 3 is 2.41 bits per heavy atom. The van der Waals surface area contributed by atoms with E-state index in [0.29, 0.717) is 16.3 Å². The van der Waals surface area contributed by atoms with Gasteiger partial charge in [-0.25, -0.2) is 0 Å². The molecule has 0 radical (unpaired) electrons. The number of methoxy groups -OCH3 is 1. The predicted octanol–water partition coefficient (Wildman–Crippen LogP) is 3.83. The highest BCUT2D eigenvalue weighted by atomic mass is 35.5. The van der Waals surface area contributed by atoms with Crippen LogP contribution in [0.25, 0.3) is 11.1 Å². The maximum atomic E-state index is 11.2. The third-order valence-electron chi connectivity index (χ3n) is 2.57. The number of halogens is 1. The van der Waals surface area contributed by atoms with E-state index in [4.69, 9.17) is 16.3 Å². The van der Waals surface area contributed by atoms with Crippen LogP contribution in [0.1, 0.15) is 10.4 Å². The molecule has 2 rings (SSSR count). The Morgan fingerprint density at radius 1 is 1.06 bits per heavy atom. The van der Waals surface area contributed by atoms with Crippen molar-refractivity contribution in [3.05, 3.63) is 53.1 Å². The Morgan fingerprint density at radius 2 is 1.76 bits per heavy atom. The van der Waals surface area contributed by atoms with Gasteiger partial charge in [-0.3, -0.25) is 4.79 Å². The van der Waals surface area contributed by atoms with Crippen LogP contribution in [0.15, 0.2) is 42.5 Å². The van der Waals surface area contributed by atoms with Crippen molar-refractivity contribution in [3.8, 4) is 16.9 Å². The minimum atomic E-state index is 0.517. The summed E-state index contributed by atoms with van der Waals surface area (Å²) in [6.45, 7) is 0. The summed E-state index contributed by atoms with van der Waals surface area (Å²) in [5, 5.41) is 0.615. The Hall–Kier alpha value is -1.80. The fraction of sp³-hybridized carbons (Fsp3) is 0.0714. The average Bonchev–Trinajstić information content (AvgIpc) is 2.38. The molecule has 0 aliphatic carbocycles. The zero-order valence-electron chi connectivity index (χ0n) is 9.31. The van der Waals surface area contributed by atoms with Crippen LogP contribution in [0.5, 0.6) is 5.75 Å². The molecule has 0 unspecified atom stereocenters. The van der Waals surface area contributed by atoms with Crippen molar-refractivity contribution in [3.63, 3.8) is 0 Å². The third-order valence-corrected chi connectivity index (χ3v) is 2.90. The lowest BCUT2D eigenvalue weighted by Gasteiger charge is -2.10. The van der Waals surface area contributed by atoms with Gasteiger partial charge in [0.2, 0.25) is 0 Å². The first-order valence-electron chi connectivity index (χ1n) is 5.15. The lowest BCUT2D eigenvalue weighted by atomic mass is 9.99. The number of hydrogen-bond acceptors (Lipinski definition) is 2. The molecule has 2 aromatic rings. The van der Waals surface area contributed by atoms with Crippen LogP contribution in [-0.2, 0) is 0 Å². The summed E-state index contributed by atoms with van der Waals surface area (Å²) in [5.41, 5.74) is 2.13. The predicted molar refractivity (Wildman–Crippen MR) is 68.8 cm³/mol. The SMILES string of the molecule is COc1cccc(-c2ccccc2Cl)c1C=O. The summed E-state index contributed by atoms with van der Waals surface area (Å²) in [5.74, 6) is 0.553. The van der Waals surface area contributed by atoms with Crippen molar-refractivity contribution in [2.75, 3.05) is 7.11 Å². The Balaban J connectivity index is 2.68. The largest absolute Gasteiger partial charge is 0.496 e. The quantitative estimate of drug-likeness (QED) is 0.770. The van der Waals surface area contributed by atoms with Crippen molar-refractivity contribution in [2.24, 2.45) is 0 Å². The highest BCUT2D eigenvalue weighted by Gasteiger charge is 2.11. The van der Waals surface area contributed by atoms with E-state index in [1.54, 1.807) is 19.2 Å². The van der Waals surface area contributed by atoms with Crippen LogP contribution in [0, 0.1) is 0 Å². The molecular weight excluding hydrogens is 236 g/mol. The molecule has 0 N–H and O–H groups in total. The van der Waals surface area contributed by atoms with Crippen molar-refractivity contribution in [1.29, 1.82) is 0 Å². The second kappa shape index (κ2) is 5.02. The summed E-state index contributed by atoms with van der Waals surface area (Å²) >= 11 is 6.13. The molecule has 2 nitrogen and oxygen atoms in total. The molecule has 2 aromatic carbocycles. The maximum absolute atomic E-state index is 11.2. The van der Waals surface area contributed by atoms with Crippen LogP contribution in [0.2, 0.25) is 5.02 Å². The third kappa shape index (κ3) is 2.17. The van der Waals surface area contributed by atoms with Gasteiger partial charge in [0, 0.05) is 10.6 Å². The number of ether oxygens (including phenoxy) is 1. The van der Waals surface area contributed by atoms with Gasteiger partial charge in [0.15, 0.2) is 6.29 Å². The highest BCUT2D eigenvalue weighted by Crippen LogP contribution is 2.33. The minimum absolute atomic E-state index is 0.517. The molecule has 17 heavy (non-hydrogen) atoms. The highest BCUT2D eigenvalue weighted by molar-refractivity contribution is 6.33. The van der Waals surface area contributed by atoms with Crippen LogP contribution in [-0.4, -0.2) is 13.4 Å². The summed E-state index contributed by atoms with van der Waals surface area (Å²) in [6, 6.07) is 12.9. The van der Waals surface area contributed by atoms with E-state index in [9.17, 15) is 4.79 Å². The van der Waals surface area contributed by atoms with E-state index < -0.39 is 0 Å². The molecule has 0 heterocycles. The molecule has 0 aliphatic heterocycles. The van der Waals surface area contributed by atoms with Gasteiger partial charge in [0.1, 0.15) is 5.75 Å². The Kier molecular flexibility index (Phi) is 3.45. The van der Waals surface area contributed by atoms with Crippen LogP contribution < -0.4 is 4.74 Å². The fourth-order valence-corrected chi connectivity index (χ4v) is 2.00. The van der Waals surface area contributed by atoms with Gasteiger partial charge in [-0.2, -0.15) is 0 Å². The number of aldehydes is 1. The van der Waals surface area contributed by atoms with Gasteiger partial charge in [-0.15, -0.1) is 0 Å². The molecule has 0 bridgehead atoms. The summed E-state index contributed by atoms with van der Waals surface area (Å²) in [7, 11) is 1.54. The van der Waals surface area contributed by atoms with Crippen molar-refractivity contribution in [2.45, 2.75) is 0 Å². The molecule has 0 saturated heterocycles. The van der Waals surface area contributed by atoms with Gasteiger partial charge < -0.3 is 4.74 Å². The molecule has 0 aromatic heterocycles. The van der Waals surface area contributed by atoms with Gasteiger partial charge >= 0.3 is 0 Å². The molecule has 0 amide bonds. The second-order valence-electron chi connectivity index (χ2n) is 3.52. The van der Waals surface area contributed by atoms with Crippen LogP contribution >= 0.6 is 11.6 Å². The molecule has 3 heteroatoms. The van der Waals surface area contributed by atoms with E-state index in [2.05, 4.69) is 0 Å². The Labute approximate surface area is 105 Å². The van der Waals surface area contributed by atoms with Crippen LogP contribution in [0.4, 0.5) is 0 Å². The Bertz CT molecular complexity index is 550. The molecule has 0 spiro atoms. The van der Waals surface area contributed by atoms with Gasteiger partial charge in [0.25, 0.3) is 0 Å². The lowest BCUT2D eigenvalue weighted by molar-refractivity contribution is 0.112. The molecule has 86 valence electrons. The monoisotopic (exact) mass is 246 g/mol. The first-order valence-corrected chi connectivity index (χ1v) is 5.53. The van der Waals surface area contributed by atoms with Gasteiger partial charge in [-0.1, -0.05) is 41.9 Å². The lowest BCUT2D eigenvalue weighted by Crippen LogP contribution is -1.94. The van der Waals surface area contributed by atoms with E-state index >= 15 is 0 Å². The van der Waals surface area contributed by atoms with E-state index in [0.717, 1.165) is 17.4 Å². The molecule has 0 saturated carbocycles. The van der Waals surface area contributed by atoms with Crippen molar-refractivity contribution < 1.29 is 9.53 Å². The first-order chi connectivity index (χ1) is 8.27. The number of benzene rings is 2. The summed E-state index contributed by atoms with van der Waals surface area (Å²) < 4.78 is 5.16. The van der Waals surface area contributed by atoms with Crippen molar-refractivity contribution in [1.82, 2.24) is 0 Å². The number of rotatable bonds is 3. The second-order valence-corrected chi connectivity index (χ2v) is 3.93. The summed E-state index contributed by atoms with van der Waals surface area (Å²) in [6.07, 6.45) is 0.789. The average molecular weight is 247 g/mol. The summed E-state index contributed by atoms with van der Waals surface area (Å²) in [4.78, 5) is 11.2. The zero-order chi connectivity index (χ0) is 12.3. The van der Waals surface area contributed by atoms with Gasteiger partial charge in [-0.05, 0) is 17.7 Å². The van der Waals surface area contributed by atoms with E-state index in [1.807, 2.05) is 30.3 Å². The number of carbonyl (C=O) groups excluding carboxylic acids is 1. The molecule has 0 atom stereocenters. The van der Waals surface area contributed by atoms with Gasteiger partial charge in [0.05, 0.1) is 12.7 Å². The smallest absolute Gasteiger partial charge is 0.154 e. The first kappa shape index (κ1) is 11.7. The van der Waals surface area contributed by atoms with Crippen molar-refractivity contribution >= 4 is 17.9 Å². The topological polar surface area (TPSA) is 26.3 Å². The number of carbonyl (C=O) groups is 1. The minimum Gasteiger partial charge on any atom is -0.496 e. The normalized spacial score (nSPS) is 10.0. The fourth-order valence-electron chi connectivity index (χ4n) is 1.76. The van der Waals surface area contributed by atoms with E-state index in [-0.39, 0.29) is 0 Å². The zero-order valence-corrected chi connectivity index (χ0v) is 10.1. The molecule has 0 aliphatic rings. The standard InChI is InChI=1S/C14H11ClO2/c1-17-14-8-4-6-10(12(14)9-16)11-5-2-3-7-13(11)15/h2-9H,1H3. The van der Waals surface area contributed by atoms with E-state index in [1.165, 1.54) is 0 Å². The molecular formula is C14H11ClO2. The maximum Gasteiger partial charge on any atom is 0.154 e. The number of hydrogen-bond donors (Lipinski definition) is 0. The van der Waals surface area contributed by atoms with Crippen LogP contribution in [0.3, 0.4) is 0 Å².